The molecule has 22 heavy (non-hydrogen) atoms. The SMILES string of the molecule is COc1ccc(CC(=O)NN2C(=O)CSCC2=O)cc1OC. The Kier molecular flexibility index (Phi) is 5.26. The third-order valence-corrected chi connectivity index (χ3v) is 3.90. The van der Waals surface area contributed by atoms with Gasteiger partial charge in [0.05, 0.1) is 32.1 Å². The average molecular weight is 324 g/mol. The fourth-order valence-corrected chi connectivity index (χ4v) is 2.67. The molecule has 0 atom stereocenters. The first-order valence-corrected chi connectivity index (χ1v) is 7.64. The minimum absolute atomic E-state index is 0.0184. The van der Waals surface area contributed by atoms with Gasteiger partial charge in [-0.1, -0.05) is 6.07 Å². The number of carbonyl (C=O) groups excluding carboxylic acids is 3. The highest BCUT2D eigenvalue weighted by atomic mass is 32.2. The van der Waals surface area contributed by atoms with Crippen LogP contribution in [-0.4, -0.2) is 48.5 Å². The standard InChI is InChI=1S/C14H16N2O5S/c1-20-10-4-3-9(5-11(10)21-2)6-12(17)15-16-13(18)7-22-8-14(16)19/h3-5H,6-8H2,1-2H3,(H,15,17). The molecule has 2 rings (SSSR count). The van der Waals surface area contributed by atoms with Gasteiger partial charge in [0, 0.05) is 0 Å². The number of nitrogens with zero attached hydrogens (tertiary/aromatic N) is 1. The first-order chi connectivity index (χ1) is 10.5. The predicted molar refractivity (Wildman–Crippen MR) is 80.6 cm³/mol. The van der Waals surface area contributed by atoms with Gasteiger partial charge in [0.2, 0.25) is 5.91 Å². The van der Waals surface area contributed by atoms with E-state index >= 15 is 0 Å². The van der Waals surface area contributed by atoms with Crippen molar-refractivity contribution in [2.45, 2.75) is 6.42 Å². The molecule has 1 aromatic carbocycles. The van der Waals surface area contributed by atoms with Crippen molar-refractivity contribution >= 4 is 29.5 Å². The van der Waals surface area contributed by atoms with Crippen LogP contribution in [0.5, 0.6) is 11.5 Å². The zero-order valence-electron chi connectivity index (χ0n) is 12.3. The van der Waals surface area contributed by atoms with Gasteiger partial charge in [-0.15, -0.1) is 11.8 Å². The van der Waals surface area contributed by atoms with Crippen LogP contribution in [-0.2, 0) is 20.8 Å². The summed E-state index contributed by atoms with van der Waals surface area (Å²) in [5.41, 5.74) is 3.02. The summed E-state index contributed by atoms with van der Waals surface area (Å²) in [6.45, 7) is 0. The van der Waals surface area contributed by atoms with Crippen LogP contribution in [0.3, 0.4) is 0 Å². The third-order valence-electron chi connectivity index (χ3n) is 3.00. The Bertz CT molecular complexity index is 589. The van der Waals surface area contributed by atoms with Crippen molar-refractivity contribution in [3.05, 3.63) is 23.8 Å². The fraction of sp³-hybridized carbons (Fsp3) is 0.357. The van der Waals surface area contributed by atoms with Crippen LogP contribution in [0, 0.1) is 0 Å². The number of methoxy groups -OCH3 is 2. The number of ether oxygens (including phenoxy) is 2. The van der Waals surface area contributed by atoms with E-state index in [1.807, 2.05) is 0 Å². The van der Waals surface area contributed by atoms with Crippen molar-refractivity contribution in [2.24, 2.45) is 0 Å². The van der Waals surface area contributed by atoms with Crippen molar-refractivity contribution in [2.75, 3.05) is 25.7 Å². The van der Waals surface area contributed by atoms with Crippen LogP contribution in [0.15, 0.2) is 18.2 Å². The number of thioether (sulfide) groups is 1. The molecule has 1 heterocycles. The van der Waals surface area contributed by atoms with E-state index in [4.69, 9.17) is 9.47 Å². The molecule has 1 fully saturated rings. The maximum absolute atomic E-state index is 12.0. The Morgan fingerprint density at radius 2 is 1.82 bits per heavy atom. The van der Waals surface area contributed by atoms with Crippen molar-refractivity contribution < 1.29 is 23.9 Å². The minimum Gasteiger partial charge on any atom is -0.493 e. The molecular weight excluding hydrogens is 308 g/mol. The van der Waals surface area contributed by atoms with Crippen LogP contribution < -0.4 is 14.9 Å². The number of nitrogens with one attached hydrogen (secondary N) is 1. The molecule has 0 aliphatic carbocycles. The lowest BCUT2D eigenvalue weighted by Crippen LogP contribution is -2.53. The van der Waals surface area contributed by atoms with Gasteiger partial charge in [-0.3, -0.25) is 19.8 Å². The van der Waals surface area contributed by atoms with Crippen LogP contribution in [0.2, 0.25) is 0 Å². The van der Waals surface area contributed by atoms with Gasteiger partial charge in [-0.05, 0) is 17.7 Å². The van der Waals surface area contributed by atoms with Gasteiger partial charge in [-0.25, -0.2) is 0 Å². The topological polar surface area (TPSA) is 84.9 Å². The number of rotatable bonds is 5. The minimum atomic E-state index is -0.444. The summed E-state index contributed by atoms with van der Waals surface area (Å²) in [6, 6.07) is 5.08. The van der Waals surface area contributed by atoms with Gasteiger partial charge in [0.15, 0.2) is 11.5 Å². The van der Waals surface area contributed by atoms with Crippen LogP contribution in [0.4, 0.5) is 0 Å². The quantitative estimate of drug-likeness (QED) is 0.788. The third kappa shape index (κ3) is 3.70. The Labute approximate surface area is 131 Å². The number of carbonyl (C=O) groups is 3. The second-order valence-electron chi connectivity index (χ2n) is 4.52. The van der Waals surface area contributed by atoms with Gasteiger partial charge in [-0.2, -0.15) is 5.01 Å². The number of benzene rings is 1. The summed E-state index contributed by atoms with van der Waals surface area (Å²) >= 11 is 1.23. The first-order valence-electron chi connectivity index (χ1n) is 6.49. The highest BCUT2D eigenvalue weighted by Gasteiger charge is 2.28. The molecule has 118 valence electrons. The lowest BCUT2D eigenvalue weighted by Gasteiger charge is -2.24. The average Bonchev–Trinajstić information content (AvgIpc) is 2.51. The van der Waals surface area contributed by atoms with Gasteiger partial charge < -0.3 is 9.47 Å². The van der Waals surface area contributed by atoms with Crippen molar-refractivity contribution in [1.82, 2.24) is 10.4 Å². The fourth-order valence-electron chi connectivity index (χ4n) is 1.96. The first kappa shape index (κ1) is 16.2. The molecule has 0 saturated carbocycles. The molecule has 0 aromatic heterocycles. The molecule has 1 saturated heterocycles. The molecule has 1 aliphatic heterocycles. The van der Waals surface area contributed by atoms with Gasteiger partial charge >= 0.3 is 0 Å². The molecule has 1 N–H and O–H groups in total. The Morgan fingerprint density at radius 1 is 1.18 bits per heavy atom. The Morgan fingerprint density at radius 3 is 2.41 bits per heavy atom. The van der Waals surface area contributed by atoms with Gasteiger partial charge in [0.25, 0.3) is 11.8 Å². The van der Waals surface area contributed by atoms with E-state index in [0.717, 1.165) is 5.01 Å². The Balaban J connectivity index is 2.02. The van der Waals surface area contributed by atoms with E-state index in [1.54, 1.807) is 18.2 Å². The summed E-state index contributed by atoms with van der Waals surface area (Å²) in [6.07, 6.45) is 0.0184. The van der Waals surface area contributed by atoms with Gasteiger partial charge in [0.1, 0.15) is 0 Å². The number of amides is 3. The number of hydrogen-bond donors (Lipinski definition) is 1. The zero-order chi connectivity index (χ0) is 16.1. The number of imide groups is 1. The van der Waals surface area contributed by atoms with Crippen molar-refractivity contribution in [3.8, 4) is 11.5 Å². The van der Waals surface area contributed by atoms with Crippen LogP contribution >= 0.6 is 11.8 Å². The normalized spacial score (nSPS) is 14.7. The molecule has 0 bridgehead atoms. The monoisotopic (exact) mass is 324 g/mol. The molecule has 8 heteroatoms. The highest BCUT2D eigenvalue weighted by molar-refractivity contribution is 8.00. The van der Waals surface area contributed by atoms with E-state index in [9.17, 15) is 14.4 Å². The summed E-state index contributed by atoms with van der Waals surface area (Å²) in [7, 11) is 3.03. The largest absolute Gasteiger partial charge is 0.493 e. The van der Waals surface area contributed by atoms with Crippen molar-refractivity contribution in [1.29, 1.82) is 0 Å². The summed E-state index contributed by atoms with van der Waals surface area (Å²) < 4.78 is 10.3. The summed E-state index contributed by atoms with van der Waals surface area (Å²) in [5.74, 6) is 0.161. The van der Waals surface area contributed by atoms with E-state index in [2.05, 4.69) is 5.43 Å². The van der Waals surface area contributed by atoms with E-state index < -0.39 is 17.7 Å². The molecule has 7 nitrogen and oxygen atoms in total. The molecule has 0 unspecified atom stereocenters. The van der Waals surface area contributed by atoms with E-state index in [-0.39, 0.29) is 17.9 Å². The van der Waals surface area contributed by atoms with Crippen LogP contribution in [0.25, 0.3) is 0 Å². The van der Waals surface area contributed by atoms with E-state index in [0.29, 0.717) is 17.1 Å². The maximum atomic E-state index is 12.0. The van der Waals surface area contributed by atoms with Crippen LogP contribution in [0.1, 0.15) is 5.56 Å². The van der Waals surface area contributed by atoms with E-state index in [1.165, 1.54) is 26.0 Å². The molecule has 1 aliphatic rings. The number of hydrazine groups is 1. The number of hydrogen-bond acceptors (Lipinski definition) is 6. The predicted octanol–water partition coefficient (Wildman–Crippen LogP) is 0.379. The molecule has 3 amide bonds. The summed E-state index contributed by atoms with van der Waals surface area (Å²) in [5, 5.41) is 0.791. The molecular formula is C14H16N2O5S. The molecule has 1 aromatic rings. The second-order valence-corrected chi connectivity index (χ2v) is 5.50. The molecule has 0 radical (unpaired) electrons. The summed E-state index contributed by atoms with van der Waals surface area (Å²) in [4.78, 5) is 35.2. The zero-order valence-corrected chi connectivity index (χ0v) is 13.1. The lowest BCUT2D eigenvalue weighted by molar-refractivity contribution is -0.150. The highest BCUT2D eigenvalue weighted by Crippen LogP contribution is 2.27. The maximum Gasteiger partial charge on any atom is 0.258 e. The second kappa shape index (κ2) is 7.17. The van der Waals surface area contributed by atoms with Crippen molar-refractivity contribution in [3.63, 3.8) is 0 Å². The smallest absolute Gasteiger partial charge is 0.258 e. The lowest BCUT2D eigenvalue weighted by atomic mass is 10.1. The molecule has 0 spiro atoms. The Hall–Kier alpha value is -2.22.